The summed E-state index contributed by atoms with van der Waals surface area (Å²) in [6.45, 7) is 0. The number of imidazole rings is 1. The molecule has 0 fully saturated rings. The lowest BCUT2D eigenvalue weighted by Crippen LogP contribution is -2.22. The Morgan fingerprint density at radius 1 is 1.15 bits per heavy atom. The highest BCUT2D eigenvalue weighted by Gasteiger charge is 2.10. The van der Waals surface area contributed by atoms with Crippen molar-refractivity contribution < 1.29 is 9.90 Å². The number of aromatic nitrogens is 3. The van der Waals surface area contributed by atoms with Crippen molar-refractivity contribution in [1.29, 1.82) is 5.26 Å². The Bertz CT molecular complexity index is 1190. The second-order valence-electron chi connectivity index (χ2n) is 5.91. The molecule has 0 spiro atoms. The number of carboxylic acid groups (broad SMARTS) is 1. The monoisotopic (exact) mass is 353 g/mol. The van der Waals surface area contributed by atoms with Crippen LogP contribution in [-0.4, -0.2) is 20.5 Å². The summed E-state index contributed by atoms with van der Waals surface area (Å²) in [4.78, 5) is 18.7. The van der Waals surface area contributed by atoms with Gasteiger partial charge in [0.05, 0.1) is 22.6 Å². The molecule has 0 aliphatic rings. The minimum atomic E-state index is -1.24. The van der Waals surface area contributed by atoms with E-state index in [2.05, 4.69) is 16.0 Å². The maximum absolute atomic E-state index is 11.1. The maximum atomic E-state index is 11.1. The van der Waals surface area contributed by atoms with Crippen LogP contribution in [0.2, 0.25) is 0 Å². The summed E-state index contributed by atoms with van der Waals surface area (Å²) >= 11 is 0. The Morgan fingerprint density at radius 2 is 2.00 bits per heavy atom. The van der Waals surface area contributed by atoms with Gasteiger partial charge < -0.3 is 19.5 Å². The highest BCUT2D eigenvalue weighted by Crippen LogP contribution is 2.21. The number of H-pyrrole nitrogens is 1. The smallest absolute Gasteiger partial charge is 0.149 e. The average Bonchev–Trinajstić information content (AvgIpc) is 3.32. The van der Waals surface area contributed by atoms with Crippen molar-refractivity contribution in [3.05, 3.63) is 83.9 Å². The minimum Gasteiger partial charge on any atom is -0.545 e. The fraction of sp³-hybridized carbons (Fsp3) is 0. The summed E-state index contributed by atoms with van der Waals surface area (Å²) in [5.74, 6) is -0.754. The lowest BCUT2D eigenvalue weighted by atomic mass is 10.2. The zero-order chi connectivity index (χ0) is 18.8. The summed E-state index contributed by atoms with van der Waals surface area (Å²) in [7, 11) is 0. The van der Waals surface area contributed by atoms with Crippen LogP contribution in [0.1, 0.15) is 21.9 Å². The van der Waals surface area contributed by atoms with E-state index in [4.69, 9.17) is 0 Å². The van der Waals surface area contributed by atoms with Crippen LogP contribution in [0.4, 0.5) is 0 Å². The third-order valence-electron chi connectivity index (χ3n) is 4.20. The van der Waals surface area contributed by atoms with Crippen molar-refractivity contribution in [3.8, 4) is 11.8 Å². The van der Waals surface area contributed by atoms with Gasteiger partial charge in [0, 0.05) is 17.6 Å². The van der Waals surface area contributed by atoms with E-state index in [1.807, 2.05) is 36.4 Å². The molecule has 0 atom stereocenters. The lowest BCUT2D eigenvalue weighted by Gasteiger charge is -2.09. The third kappa shape index (κ3) is 3.10. The number of nitrogens with one attached hydrogen (secondary N) is 1. The fourth-order valence-corrected chi connectivity index (χ4v) is 2.91. The van der Waals surface area contributed by atoms with E-state index < -0.39 is 5.97 Å². The van der Waals surface area contributed by atoms with Gasteiger partial charge >= 0.3 is 0 Å². The molecule has 27 heavy (non-hydrogen) atoms. The van der Waals surface area contributed by atoms with Gasteiger partial charge in [-0.05, 0) is 48.0 Å². The Hall–Kier alpha value is -4.11. The SMILES string of the molecule is N#C/C(=C\c1cccn1-c1cccc(C(=O)[O-])c1)c1nc2ccccc2[nH]1. The van der Waals surface area contributed by atoms with Gasteiger partial charge in [-0.15, -0.1) is 0 Å². The van der Waals surface area contributed by atoms with Crippen molar-refractivity contribution in [3.63, 3.8) is 0 Å². The first-order chi connectivity index (χ1) is 13.2. The van der Waals surface area contributed by atoms with E-state index >= 15 is 0 Å². The number of aromatic carboxylic acids is 1. The number of fused-ring (bicyclic) bond motifs is 1. The molecule has 0 bridgehead atoms. The van der Waals surface area contributed by atoms with Gasteiger partial charge in [0.2, 0.25) is 0 Å². The predicted molar refractivity (Wildman–Crippen MR) is 99.7 cm³/mol. The Morgan fingerprint density at radius 3 is 2.78 bits per heavy atom. The molecule has 1 N–H and O–H groups in total. The second kappa shape index (κ2) is 6.65. The number of carbonyl (C=O) groups excluding carboxylic acids is 1. The molecule has 6 heteroatoms. The minimum absolute atomic E-state index is 0.0916. The molecular formula is C21H13N4O2-. The number of rotatable bonds is 4. The van der Waals surface area contributed by atoms with Crippen LogP contribution in [0.5, 0.6) is 0 Å². The number of nitriles is 1. The molecule has 2 aromatic heterocycles. The van der Waals surface area contributed by atoms with E-state index in [-0.39, 0.29) is 5.56 Å². The summed E-state index contributed by atoms with van der Waals surface area (Å²) < 4.78 is 1.80. The topological polar surface area (TPSA) is 97.5 Å². The number of nitrogens with zero attached hydrogens (tertiary/aromatic N) is 3. The molecular weight excluding hydrogens is 340 g/mol. The van der Waals surface area contributed by atoms with Crippen molar-refractivity contribution in [2.45, 2.75) is 0 Å². The average molecular weight is 353 g/mol. The quantitative estimate of drug-likeness (QED) is 0.570. The Balaban J connectivity index is 1.78. The molecule has 0 aliphatic carbocycles. The number of para-hydroxylation sites is 2. The van der Waals surface area contributed by atoms with E-state index in [0.717, 1.165) is 16.7 Å². The van der Waals surface area contributed by atoms with E-state index in [1.165, 1.54) is 12.1 Å². The molecule has 6 nitrogen and oxygen atoms in total. The largest absolute Gasteiger partial charge is 0.545 e. The molecule has 2 heterocycles. The van der Waals surface area contributed by atoms with Crippen molar-refractivity contribution in [2.24, 2.45) is 0 Å². The second-order valence-corrected chi connectivity index (χ2v) is 5.91. The van der Waals surface area contributed by atoms with Crippen LogP contribution in [-0.2, 0) is 0 Å². The molecule has 0 unspecified atom stereocenters. The van der Waals surface area contributed by atoms with E-state index in [9.17, 15) is 15.2 Å². The first-order valence-electron chi connectivity index (χ1n) is 8.22. The maximum Gasteiger partial charge on any atom is 0.149 e. The van der Waals surface area contributed by atoms with Crippen LogP contribution in [0, 0.1) is 11.3 Å². The number of allylic oxidation sites excluding steroid dienone is 1. The molecule has 4 aromatic rings. The van der Waals surface area contributed by atoms with Gasteiger partial charge in [-0.2, -0.15) is 5.26 Å². The first-order valence-corrected chi connectivity index (χ1v) is 8.22. The Kier molecular flexibility index (Phi) is 4.03. The fourth-order valence-electron chi connectivity index (χ4n) is 2.91. The molecule has 0 amide bonds. The van der Waals surface area contributed by atoms with Crippen molar-refractivity contribution in [1.82, 2.24) is 14.5 Å². The van der Waals surface area contributed by atoms with Gasteiger partial charge in [0.25, 0.3) is 0 Å². The molecule has 4 rings (SSSR count). The Labute approximate surface area is 154 Å². The van der Waals surface area contributed by atoms with Crippen LogP contribution in [0.3, 0.4) is 0 Å². The number of carboxylic acids is 1. The standard InChI is InChI=1S/C21H14N4O2/c22-13-15(20-23-18-8-1-2-9-19(18)24-20)12-17-7-4-10-25(17)16-6-3-5-14(11-16)21(26)27/h1-12H,(H,23,24)(H,26,27)/p-1/b15-12+. The number of benzene rings is 2. The molecule has 0 saturated heterocycles. The summed E-state index contributed by atoms with van der Waals surface area (Å²) in [5.41, 5.74) is 3.49. The van der Waals surface area contributed by atoms with Crippen molar-refractivity contribution in [2.75, 3.05) is 0 Å². The van der Waals surface area contributed by atoms with E-state index in [0.29, 0.717) is 17.1 Å². The highest BCUT2D eigenvalue weighted by molar-refractivity contribution is 5.90. The lowest BCUT2D eigenvalue weighted by molar-refractivity contribution is -0.255. The molecule has 2 aromatic carbocycles. The van der Waals surface area contributed by atoms with Crippen molar-refractivity contribution >= 4 is 28.7 Å². The highest BCUT2D eigenvalue weighted by atomic mass is 16.4. The predicted octanol–water partition coefficient (Wildman–Crippen LogP) is 2.78. The van der Waals surface area contributed by atoms with Gasteiger partial charge in [-0.1, -0.05) is 24.3 Å². The zero-order valence-corrected chi connectivity index (χ0v) is 14.1. The zero-order valence-electron chi connectivity index (χ0n) is 14.1. The molecule has 130 valence electrons. The van der Waals surface area contributed by atoms with Crippen LogP contribution in [0.15, 0.2) is 66.9 Å². The summed E-state index contributed by atoms with van der Waals surface area (Å²) in [6, 6.07) is 19.8. The molecule has 0 aliphatic heterocycles. The number of hydrogen-bond donors (Lipinski definition) is 1. The van der Waals surface area contributed by atoms with E-state index in [1.54, 1.807) is 29.0 Å². The number of carbonyl (C=O) groups is 1. The number of hydrogen-bond acceptors (Lipinski definition) is 4. The first kappa shape index (κ1) is 16.4. The van der Waals surface area contributed by atoms with Gasteiger partial charge in [-0.25, -0.2) is 4.98 Å². The van der Waals surface area contributed by atoms with Crippen LogP contribution < -0.4 is 5.11 Å². The van der Waals surface area contributed by atoms with Gasteiger partial charge in [0.15, 0.2) is 0 Å². The number of aromatic amines is 1. The molecule has 0 saturated carbocycles. The molecule has 0 radical (unpaired) electrons. The van der Waals surface area contributed by atoms with Gasteiger partial charge in [0.1, 0.15) is 11.9 Å². The third-order valence-corrected chi connectivity index (χ3v) is 4.20. The normalized spacial score (nSPS) is 11.4. The summed E-state index contributed by atoms with van der Waals surface area (Å²) in [5, 5.41) is 20.7. The van der Waals surface area contributed by atoms with Crippen LogP contribution in [0.25, 0.3) is 28.4 Å². The van der Waals surface area contributed by atoms with Gasteiger partial charge in [-0.3, -0.25) is 0 Å². The van der Waals surface area contributed by atoms with Crippen LogP contribution >= 0.6 is 0 Å². The summed E-state index contributed by atoms with van der Waals surface area (Å²) in [6.07, 6.45) is 3.51.